The molecule has 1 atom stereocenters. The summed E-state index contributed by atoms with van der Waals surface area (Å²) in [7, 11) is -2.47. The van der Waals surface area contributed by atoms with Gasteiger partial charge in [0.2, 0.25) is 21.8 Å². The van der Waals surface area contributed by atoms with Gasteiger partial charge in [-0.25, -0.2) is 8.42 Å². The minimum atomic E-state index is -4.00. The van der Waals surface area contributed by atoms with Gasteiger partial charge in [-0.15, -0.1) is 0 Å². The lowest BCUT2D eigenvalue weighted by Gasteiger charge is -2.33. The molecule has 0 saturated heterocycles. The van der Waals surface area contributed by atoms with Gasteiger partial charge >= 0.3 is 0 Å². The first kappa shape index (κ1) is 29.6. The molecule has 0 radical (unpaired) electrons. The molecule has 0 saturated carbocycles. The van der Waals surface area contributed by atoms with Crippen LogP contribution in [0.3, 0.4) is 0 Å². The zero-order chi connectivity index (χ0) is 27.8. The second kappa shape index (κ2) is 13.0. The third-order valence-corrected chi connectivity index (χ3v) is 6.73. The van der Waals surface area contributed by atoms with E-state index in [2.05, 4.69) is 5.32 Å². The number of hydrogen-bond donors (Lipinski definition) is 1. The number of methoxy groups -OCH3 is 1. The number of non-ortho nitro benzene ring substituents is 1. The number of amides is 2. The summed E-state index contributed by atoms with van der Waals surface area (Å²) in [5.74, 6) is -0.155. The van der Waals surface area contributed by atoms with E-state index in [1.54, 1.807) is 31.2 Å². The third-order valence-electron chi connectivity index (χ3n) is 5.59. The second-order valence-corrected chi connectivity index (χ2v) is 10.9. The second-order valence-electron chi connectivity index (χ2n) is 8.98. The van der Waals surface area contributed by atoms with Crippen molar-refractivity contribution < 1.29 is 27.7 Å². The Morgan fingerprint density at radius 1 is 1.14 bits per heavy atom. The van der Waals surface area contributed by atoms with Crippen LogP contribution in [0, 0.1) is 16.0 Å². The number of anilines is 1. The molecule has 0 aromatic heterocycles. The number of rotatable bonds is 13. The molecule has 2 rings (SSSR count). The predicted molar refractivity (Wildman–Crippen MR) is 141 cm³/mol. The monoisotopic (exact) mass is 534 g/mol. The van der Waals surface area contributed by atoms with Crippen LogP contribution in [0.25, 0.3) is 0 Å². The Balaban J connectivity index is 2.45. The SMILES string of the molecule is CC[C@H](C(=O)NCC(C)C)N(Cc1ccc(OC)cc1)C(=O)CN(c1cccc([N+](=O)[O-])c1)S(C)(=O)=O. The lowest BCUT2D eigenvalue weighted by Crippen LogP contribution is -2.52. The quantitative estimate of drug-likeness (QED) is 0.308. The number of benzene rings is 2. The molecule has 0 aliphatic rings. The highest BCUT2D eigenvalue weighted by Crippen LogP contribution is 2.24. The van der Waals surface area contributed by atoms with Gasteiger partial charge in [0.25, 0.3) is 5.69 Å². The van der Waals surface area contributed by atoms with E-state index < -0.39 is 33.4 Å². The van der Waals surface area contributed by atoms with Crippen molar-refractivity contribution in [2.45, 2.75) is 39.8 Å². The lowest BCUT2D eigenvalue weighted by molar-refractivity contribution is -0.384. The molecule has 0 fully saturated rings. The van der Waals surface area contributed by atoms with Crippen LogP contribution in [0.5, 0.6) is 5.75 Å². The van der Waals surface area contributed by atoms with Crippen molar-refractivity contribution in [3.63, 3.8) is 0 Å². The summed E-state index contributed by atoms with van der Waals surface area (Å²) in [5, 5.41) is 14.1. The molecule has 0 aliphatic heterocycles. The molecule has 0 spiro atoms. The van der Waals surface area contributed by atoms with Crippen LogP contribution in [0.2, 0.25) is 0 Å². The Hall–Kier alpha value is -3.67. The summed E-state index contributed by atoms with van der Waals surface area (Å²) in [6.07, 6.45) is 1.21. The van der Waals surface area contributed by atoms with E-state index in [-0.39, 0.29) is 29.7 Å². The molecule has 11 nitrogen and oxygen atoms in total. The van der Waals surface area contributed by atoms with Crippen LogP contribution in [-0.4, -0.2) is 62.6 Å². The van der Waals surface area contributed by atoms with Crippen LogP contribution in [0.4, 0.5) is 11.4 Å². The van der Waals surface area contributed by atoms with Gasteiger partial charge in [-0.3, -0.25) is 24.0 Å². The molecular formula is C25H34N4O7S. The number of hydrogen-bond acceptors (Lipinski definition) is 7. The van der Waals surface area contributed by atoms with E-state index in [9.17, 15) is 28.1 Å². The van der Waals surface area contributed by atoms with Gasteiger partial charge in [-0.05, 0) is 36.1 Å². The van der Waals surface area contributed by atoms with Crippen LogP contribution in [0.15, 0.2) is 48.5 Å². The van der Waals surface area contributed by atoms with Crippen molar-refractivity contribution in [2.75, 3.05) is 30.8 Å². The largest absolute Gasteiger partial charge is 0.497 e. The molecule has 202 valence electrons. The molecule has 2 aromatic carbocycles. The summed E-state index contributed by atoms with van der Waals surface area (Å²) >= 11 is 0. The predicted octanol–water partition coefficient (Wildman–Crippen LogP) is 2.95. The van der Waals surface area contributed by atoms with Crippen molar-refractivity contribution in [1.82, 2.24) is 10.2 Å². The fourth-order valence-corrected chi connectivity index (χ4v) is 4.49. The Kier molecular flexibility index (Phi) is 10.4. The van der Waals surface area contributed by atoms with Gasteiger partial charge in [0.05, 0.1) is 24.0 Å². The van der Waals surface area contributed by atoms with Crippen molar-refractivity contribution >= 4 is 33.2 Å². The zero-order valence-electron chi connectivity index (χ0n) is 21.7. The molecule has 2 amide bonds. The minimum Gasteiger partial charge on any atom is -0.497 e. The van der Waals surface area contributed by atoms with E-state index >= 15 is 0 Å². The third kappa shape index (κ3) is 8.45. The van der Waals surface area contributed by atoms with E-state index in [0.29, 0.717) is 24.3 Å². The molecule has 37 heavy (non-hydrogen) atoms. The van der Waals surface area contributed by atoms with Gasteiger partial charge in [0, 0.05) is 25.2 Å². The number of nitro groups is 1. The standard InChI is InChI=1S/C25H34N4O7S/c1-6-23(25(31)26-15-18(2)3)27(16-19-10-12-22(36-4)13-11-19)24(30)17-28(37(5,34)35)20-8-7-9-21(14-20)29(32)33/h7-14,18,23H,6,15-17H2,1-5H3,(H,26,31)/t23-/m1/s1. The Labute approximate surface area is 217 Å². The number of carbonyl (C=O) groups is 2. The topological polar surface area (TPSA) is 139 Å². The molecule has 0 heterocycles. The molecule has 1 N–H and O–H groups in total. The number of ether oxygens (including phenoxy) is 1. The summed E-state index contributed by atoms with van der Waals surface area (Å²) in [6.45, 7) is 5.49. The maximum absolute atomic E-state index is 13.6. The summed E-state index contributed by atoms with van der Waals surface area (Å²) in [5.41, 5.74) is 0.380. The summed E-state index contributed by atoms with van der Waals surface area (Å²) < 4.78 is 31.3. The maximum atomic E-state index is 13.6. The van der Waals surface area contributed by atoms with Gasteiger partial charge in [-0.2, -0.15) is 0 Å². The van der Waals surface area contributed by atoms with Crippen molar-refractivity contribution in [2.24, 2.45) is 5.92 Å². The maximum Gasteiger partial charge on any atom is 0.271 e. The highest BCUT2D eigenvalue weighted by atomic mass is 32.2. The normalized spacial score (nSPS) is 12.1. The number of sulfonamides is 1. The van der Waals surface area contributed by atoms with Gasteiger partial charge in [0.15, 0.2) is 0 Å². The number of nitrogens with zero attached hydrogens (tertiary/aromatic N) is 3. The fourth-order valence-electron chi connectivity index (χ4n) is 3.65. The summed E-state index contributed by atoms with van der Waals surface area (Å²) in [4.78, 5) is 38.6. The smallest absolute Gasteiger partial charge is 0.271 e. The number of nitro benzene ring substituents is 1. The average molecular weight is 535 g/mol. The molecule has 12 heteroatoms. The number of carbonyl (C=O) groups excluding carboxylic acids is 2. The van der Waals surface area contributed by atoms with Crippen molar-refractivity contribution in [3.8, 4) is 5.75 Å². The first-order chi connectivity index (χ1) is 17.4. The van der Waals surface area contributed by atoms with Crippen LogP contribution >= 0.6 is 0 Å². The van der Waals surface area contributed by atoms with Crippen molar-refractivity contribution in [3.05, 3.63) is 64.2 Å². The van der Waals surface area contributed by atoms with E-state index in [1.807, 2.05) is 13.8 Å². The highest BCUT2D eigenvalue weighted by molar-refractivity contribution is 7.92. The highest BCUT2D eigenvalue weighted by Gasteiger charge is 2.32. The number of nitrogens with one attached hydrogen (secondary N) is 1. The van der Waals surface area contributed by atoms with Gasteiger partial charge in [0.1, 0.15) is 18.3 Å². The van der Waals surface area contributed by atoms with Gasteiger partial charge in [-0.1, -0.05) is 39.0 Å². The first-order valence-corrected chi connectivity index (χ1v) is 13.6. The molecule has 0 unspecified atom stereocenters. The average Bonchev–Trinajstić information content (AvgIpc) is 2.85. The molecular weight excluding hydrogens is 500 g/mol. The lowest BCUT2D eigenvalue weighted by atomic mass is 10.1. The molecule has 0 bridgehead atoms. The Morgan fingerprint density at radius 3 is 2.30 bits per heavy atom. The van der Waals surface area contributed by atoms with Crippen molar-refractivity contribution in [1.29, 1.82) is 0 Å². The van der Waals surface area contributed by atoms with Crippen LogP contribution in [0.1, 0.15) is 32.8 Å². The Bertz CT molecular complexity index is 1200. The van der Waals surface area contributed by atoms with E-state index in [4.69, 9.17) is 4.74 Å². The minimum absolute atomic E-state index is 0.0215. The fraction of sp³-hybridized carbons (Fsp3) is 0.440. The molecule has 0 aliphatic carbocycles. The zero-order valence-corrected chi connectivity index (χ0v) is 22.5. The van der Waals surface area contributed by atoms with E-state index in [1.165, 1.54) is 30.2 Å². The van der Waals surface area contributed by atoms with Gasteiger partial charge < -0.3 is 15.0 Å². The summed E-state index contributed by atoms with van der Waals surface area (Å²) in [6, 6.07) is 11.1. The van der Waals surface area contributed by atoms with Crippen LogP contribution in [-0.2, 0) is 26.2 Å². The van der Waals surface area contributed by atoms with Crippen LogP contribution < -0.4 is 14.4 Å². The molecule has 2 aromatic rings. The first-order valence-electron chi connectivity index (χ1n) is 11.8. The van der Waals surface area contributed by atoms with E-state index in [0.717, 1.165) is 16.6 Å². The Morgan fingerprint density at radius 2 is 1.78 bits per heavy atom.